The second-order valence-electron chi connectivity index (χ2n) is 7.04. The lowest BCUT2D eigenvalue weighted by Gasteiger charge is -2.27. The van der Waals surface area contributed by atoms with Crippen molar-refractivity contribution in [2.24, 2.45) is 0 Å². The van der Waals surface area contributed by atoms with E-state index in [0.29, 0.717) is 18.7 Å². The number of ether oxygens (including phenoxy) is 1. The van der Waals surface area contributed by atoms with E-state index in [1.165, 1.54) is 5.41 Å². The summed E-state index contributed by atoms with van der Waals surface area (Å²) in [7, 11) is -3.50. The average molecular weight is 416 g/mol. The summed E-state index contributed by atoms with van der Waals surface area (Å²) in [6.45, 7) is -0.0273. The Morgan fingerprint density at radius 3 is 2.72 bits per heavy atom. The van der Waals surface area contributed by atoms with Crippen LogP contribution >= 0.6 is 0 Å². The van der Waals surface area contributed by atoms with Crippen LogP contribution in [0.3, 0.4) is 0 Å². The molecule has 7 heteroatoms. The number of carboxylic acids is 1. The molecule has 0 spiro atoms. The normalized spacial score (nSPS) is 16.5. The molecule has 6 nitrogen and oxygen atoms in total. The van der Waals surface area contributed by atoms with Crippen LogP contribution in [0.1, 0.15) is 41.9 Å². The molecule has 1 unspecified atom stereocenters. The Morgan fingerprint density at radius 2 is 1.97 bits per heavy atom. The molecule has 3 rings (SSSR count). The molecule has 1 aliphatic carbocycles. The number of hydrogen-bond donors (Lipinski definition) is 2. The van der Waals surface area contributed by atoms with Crippen molar-refractivity contribution in [3.8, 4) is 5.75 Å². The lowest BCUT2D eigenvalue weighted by Crippen LogP contribution is -2.24. The molecule has 1 atom stereocenters. The average Bonchev–Trinajstić information content (AvgIpc) is 2.71. The molecule has 0 saturated carbocycles. The molecule has 0 radical (unpaired) electrons. The molecule has 2 aromatic carbocycles. The van der Waals surface area contributed by atoms with Crippen LogP contribution in [0, 0.1) is 0 Å². The predicted octanol–water partition coefficient (Wildman–Crippen LogP) is 3.55. The number of benzene rings is 2. The highest BCUT2D eigenvalue weighted by atomic mass is 32.2. The van der Waals surface area contributed by atoms with Crippen LogP contribution in [-0.2, 0) is 21.2 Å². The lowest BCUT2D eigenvalue weighted by molar-refractivity contribution is -0.139. The summed E-state index contributed by atoms with van der Waals surface area (Å²) >= 11 is 0. The van der Waals surface area contributed by atoms with Crippen molar-refractivity contribution >= 4 is 22.1 Å². The molecule has 154 valence electrons. The highest BCUT2D eigenvalue weighted by molar-refractivity contribution is 7.92. The summed E-state index contributed by atoms with van der Waals surface area (Å²) in [4.78, 5) is 10.8. The van der Waals surface area contributed by atoms with Gasteiger partial charge < -0.3 is 9.84 Å². The molecular formula is C22H25NO5S. The van der Waals surface area contributed by atoms with E-state index >= 15 is 0 Å². The van der Waals surface area contributed by atoms with E-state index in [4.69, 9.17) is 9.84 Å². The second kappa shape index (κ2) is 9.71. The maximum Gasteiger partial charge on any atom is 0.341 e. The van der Waals surface area contributed by atoms with Crippen LogP contribution in [-0.4, -0.2) is 32.6 Å². The molecule has 0 fully saturated rings. The Kier molecular flexibility index (Phi) is 7.06. The first-order valence-corrected chi connectivity index (χ1v) is 11.2. The van der Waals surface area contributed by atoms with Crippen LogP contribution < -0.4 is 9.46 Å². The maximum atomic E-state index is 12.2. The number of fused-ring (bicyclic) bond motifs is 1. The van der Waals surface area contributed by atoms with Gasteiger partial charge in [-0.25, -0.2) is 17.9 Å². The Hall–Kier alpha value is -2.64. The van der Waals surface area contributed by atoms with Crippen LogP contribution in [0.15, 0.2) is 53.9 Å². The predicted molar refractivity (Wildman–Crippen MR) is 112 cm³/mol. The summed E-state index contributed by atoms with van der Waals surface area (Å²) in [5.74, 6) is -0.179. The van der Waals surface area contributed by atoms with Crippen molar-refractivity contribution in [3.63, 3.8) is 0 Å². The molecule has 0 bridgehead atoms. The van der Waals surface area contributed by atoms with Gasteiger partial charge in [0.05, 0.1) is 0 Å². The highest BCUT2D eigenvalue weighted by Crippen LogP contribution is 2.38. The largest absolute Gasteiger partial charge is 0.482 e. The summed E-state index contributed by atoms with van der Waals surface area (Å²) in [6.07, 6.45) is 5.02. The Labute approximate surface area is 171 Å². The highest BCUT2D eigenvalue weighted by Gasteiger charge is 2.23. The maximum absolute atomic E-state index is 12.2. The number of rotatable bonds is 9. The van der Waals surface area contributed by atoms with E-state index < -0.39 is 16.0 Å². The number of carboxylic acid groups (broad SMARTS) is 1. The van der Waals surface area contributed by atoms with Crippen LogP contribution in [0.25, 0.3) is 6.08 Å². The second-order valence-corrected chi connectivity index (χ2v) is 8.69. The number of aliphatic carboxylic acids is 1. The van der Waals surface area contributed by atoms with Crippen molar-refractivity contribution < 1.29 is 23.1 Å². The molecule has 0 heterocycles. The Balaban J connectivity index is 1.60. The van der Waals surface area contributed by atoms with E-state index in [2.05, 4.69) is 4.72 Å². The zero-order chi connectivity index (χ0) is 20.7. The van der Waals surface area contributed by atoms with Gasteiger partial charge in [0.2, 0.25) is 10.0 Å². The summed E-state index contributed by atoms with van der Waals surface area (Å²) in [6, 6.07) is 15.0. The number of carbonyl (C=O) groups is 1. The molecule has 2 aromatic rings. The van der Waals surface area contributed by atoms with Crippen molar-refractivity contribution in [2.45, 2.75) is 31.6 Å². The number of nitrogens with one attached hydrogen (secondary N) is 1. The van der Waals surface area contributed by atoms with E-state index in [1.807, 2.05) is 42.5 Å². The van der Waals surface area contributed by atoms with Crippen molar-refractivity contribution in [1.82, 2.24) is 4.72 Å². The summed E-state index contributed by atoms with van der Waals surface area (Å²) < 4.78 is 32.5. The monoisotopic (exact) mass is 415 g/mol. The van der Waals surface area contributed by atoms with Gasteiger partial charge in [-0.1, -0.05) is 42.5 Å². The van der Waals surface area contributed by atoms with Gasteiger partial charge in [0.15, 0.2) is 6.61 Å². The minimum Gasteiger partial charge on any atom is -0.482 e. The minimum atomic E-state index is -3.50. The molecule has 29 heavy (non-hydrogen) atoms. The Bertz CT molecular complexity index is 970. The smallest absolute Gasteiger partial charge is 0.341 e. The lowest BCUT2D eigenvalue weighted by atomic mass is 9.81. The fraction of sp³-hybridized carbons (Fsp3) is 0.318. The first-order chi connectivity index (χ1) is 13.9. The summed E-state index contributed by atoms with van der Waals surface area (Å²) in [5, 5.41) is 10.0. The van der Waals surface area contributed by atoms with Gasteiger partial charge in [-0.15, -0.1) is 0 Å². The summed E-state index contributed by atoms with van der Waals surface area (Å²) in [5.41, 5.74) is 2.99. The van der Waals surface area contributed by atoms with Crippen molar-refractivity contribution in [2.75, 3.05) is 13.2 Å². The molecule has 1 aliphatic rings. The zero-order valence-corrected chi connectivity index (χ0v) is 16.9. The van der Waals surface area contributed by atoms with Gasteiger partial charge in [-0.2, -0.15) is 0 Å². The first-order valence-electron chi connectivity index (χ1n) is 9.64. The molecule has 0 aliphatic heterocycles. The fourth-order valence-electron chi connectivity index (χ4n) is 3.64. The molecular weight excluding hydrogens is 390 g/mol. The minimum absolute atomic E-state index is 0.216. The molecule has 0 amide bonds. The SMILES string of the molecule is O=C(O)COc1cccc2c1CCCC2CCNS(=O)(=O)C=Cc1ccccc1. The molecule has 0 aromatic heterocycles. The van der Waals surface area contributed by atoms with Gasteiger partial charge in [-0.05, 0) is 60.4 Å². The van der Waals surface area contributed by atoms with E-state index in [1.54, 1.807) is 12.1 Å². The van der Waals surface area contributed by atoms with Gasteiger partial charge in [0, 0.05) is 12.0 Å². The van der Waals surface area contributed by atoms with E-state index in [9.17, 15) is 13.2 Å². The third-order valence-corrected chi connectivity index (χ3v) is 6.08. The van der Waals surface area contributed by atoms with Crippen LogP contribution in [0.5, 0.6) is 5.75 Å². The van der Waals surface area contributed by atoms with Crippen molar-refractivity contribution in [3.05, 3.63) is 70.6 Å². The Morgan fingerprint density at radius 1 is 1.17 bits per heavy atom. The zero-order valence-electron chi connectivity index (χ0n) is 16.1. The standard InChI is InChI=1S/C22H25NO5S/c24-22(25)16-28-21-11-5-9-19-18(8-4-10-20(19)21)12-14-23-29(26,27)15-13-17-6-2-1-3-7-17/h1-3,5-7,9,11,13,15,18,23H,4,8,10,12,14,16H2,(H,24,25). The molecule has 0 saturated heterocycles. The van der Waals surface area contributed by atoms with Gasteiger partial charge in [-0.3, -0.25) is 0 Å². The topological polar surface area (TPSA) is 92.7 Å². The fourth-order valence-corrected chi connectivity index (χ4v) is 4.48. The van der Waals surface area contributed by atoms with E-state index in [0.717, 1.165) is 36.0 Å². The van der Waals surface area contributed by atoms with Gasteiger partial charge in [0.25, 0.3) is 0 Å². The third kappa shape index (κ3) is 6.17. The van der Waals surface area contributed by atoms with Crippen LogP contribution in [0.4, 0.5) is 0 Å². The number of sulfonamides is 1. The first kappa shape index (κ1) is 21.1. The van der Waals surface area contributed by atoms with Crippen molar-refractivity contribution in [1.29, 1.82) is 0 Å². The van der Waals surface area contributed by atoms with Gasteiger partial charge in [0.1, 0.15) is 5.75 Å². The number of hydrogen-bond acceptors (Lipinski definition) is 4. The third-order valence-electron chi connectivity index (χ3n) is 4.97. The molecule has 2 N–H and O–H groups in total. The van der Waals surface area contributed by atoms with Gasteiger partial charge >= 0.3 is 5.97 Å². The van der Waals surface area contributed by atoms with Crippen LogP contribution in [0.2, 0.25) is 0 Å². The quantitative estimate of drug-likeness (QED) is 0.653. The van der Waals surface area contributed by atoms with E-state index in [-0.39, 0.29) is 12.5 Å².